The second-order valence-corrected chi connectivity index (χ2v) is 5.75. The molecule has 0 heterocycles. The first-order valence-electron chi connectivity index (χ1n) is 7.60. The average molecular weight is 364 g/mol. The highest BCUT2D eigenvalue weighted by atomic mass is 35.5. The Morgan fingerprint density at radius 3 is 2.60 bits per heavy atom. The predicted molar refractivity (Wildman–Crippen MR) is 96.5 cm³/mol. The summed E-state index contributed by atoms with van der Waals surface area (Å²) in [5.41, 5.74) is 1.43. The van der Waals surface area contributed by atoms with Gasteiger partial charge in [-0.25, -0.2) is 4.39 Å². The summed E-state index contributed by atoms with van der Waals surface area (Å²) in [5, 5.41) is 2.86. The van der Waals surface area contributed by atoms with Crippen LogP contribution in [0.25, 0.3) is 6.08 Å². The van der Waals surface area contributed by atoms with Crippen molar-refractivity contribution in [3.63, 3.8) is 0 Å². The van der Waals surface area contributed by atoms with Crippen molar-refractivity contribution < 1.29 is 18.7 Å². The zero-order valence-electron chi connectivity index (χ0n) is 14.2. The third-order valence-corrected chi connectivity index (χ3v) is 3.92. The van der Waals surface area contributed by atoms with Gasteiger partial charge in [0, 0.05) is 11.6 Å². The summed E-state index contributed by atoms with van der Waals surface area (Å²) in [6, 6.07) is 9.34. The molecule has 0 bridgehead atoms. The van der Waals surface area contributed by atoms with Crippen molar-refractivity contribution in [3.05, 3.63) is 64.4 Å². The van der Waals surface area contributed by atoms with Crippen molar-refractivity contribution in [3.8, 4) is 11.5 Å². The Kier molecular flexibility index (Phi) is 6.42. The minimum atomic E-state index is -0.498. The molecule has 0 aliphatic carbocycles. The fraction of sp³-hybridized carbons (Fsp3) is 0.211. The second-order valence-electron chi connectivity index (χ2n) is 5.35. The number of hydrogen-bond donors (Lipinski definition) is 1. The van der Waals surface area contributed by atoms with Crippen molar-refractivity contribution in [2.75, 3.05) is 14.2 Å². The van der Waals surface area contributed by atoms with Gasteiger partial charge in [0.1, 0.15) is 17.3 Å². The maximum atomic E-state index is 13.1. The fourth-order valence-electron chi connectivity index (χ4n) is 2.31. The fourth-order valence-corrected chi connectivity index (χ4v) is 2.49. The number of nitrogens with one attached hydrogen (secondary N) is 1. The second kappa shape index (κ2) is 8.53. The number of benzene rings is 2. The van der Waals surface area contributed by atoms with E-state index in [1.54, 1.807) is 38.5 Å². The highest BCUT2D eigenvalue weighted by molar-refractivity contribution is 6.30. The van der Waals surface area contributed by atoms with Gasteiger partial charge in [-0.1, -0.05) is 17.7 Å². The van der Waals surface area contributed by atoms with Gasteiger partial charge in [0.2, 0.25) is 5.91 Å². The van der Waals surface area contributed by atoms with Crippen LogP contribution in [0.1, 0.15) is 24.1 Å². The molecule has 2 rings (SSSR count). The van der Waals surface area contributed by atoms with E-state index >= 15 is 0 Å². The summed E-state index contributed by atoms with van der Waals surface area (Å²) in [6.07, 6.45) is 2.93. The third-order valence-electron chi connectivity index (χ3n) is 3.63. The minimum absolute atomic E-state index is 0.0112. The van der Waals surface area contributed by atoms with Crippen LogP contribution in [0.3, 0.4) is 0 Å². The van der Waals surface area contributed by atoms with E-state index in [1.165, 1.54) is 18.2 Å². The topological polar surface area (TPSA) is 47.6 Å². The van der Waals surface area contributed by atoms with E-state index in [-0.39, 0.29) is 17.0 Å². The summed E-state index contributed by atoms with van der Waals surface area (Å²) in [5.74, 6) is 0.538. The van der Waals surface area contributed by atoms with Gasteiger partial charge in [0.15, 0.2) is 0 Å². The molecule has 0 radical (unpaired) electrons. The van der Waals surface area contributed by atoms with Crippen LogP contribution >= 0.6 is 11.6 Å². The Hall–Kier alpha value is -2.53. The first kappa shape index (κ1) is 18.8. The number of amides is 1. The van der Waals surface area contributed by atoms with Crippen molar-refractivity contribution >= 4 is 23.6 Å². The van der Waals surface area contributed by atoms with Crippen LogP contribution in [0, 0.1) is 5.82 Å². The summed E-state index contributed by atoms with van der Waals surface area (Å²) in [7, 11) is 3.14. The highest BCUT2D eigenvalue weighted by Crippen LogP contribution is 2.29. The molecule has 0 fully saturated rings. The van der Waals surface area contributed by atoms with E-state index in [0.29, 0.717) is 17.1 Å². The largest absolute Gasteiger partial charge is 0.497 e. The van der Waals surface area contributed by atoms with Crippen LogP contribution in [0.4, 0.5) is 4.39 Å². The van der Waals surface area contributed by atoms with Crippen LogP contribution < -0.4 is 14.8 Å². The summed E-state index contributed by atoms with van der Waals surface area (Å²) < 4.78 is 23.7. The third kappa shape index (κ3) is 4.97. The maximum Gasteiger partial charge on any atom is 0.244 e. The number of carbonyl (C=O) groups excluding carboxylic acids is 1. The lowest BCUT2D eigenvalue weighted by Crippen LogP contribution is -2.25. The number of carbonyl (C=O) groups is 1. The molecule has 1 amide bonds. The van der Waals surface area contributed by atoms with Gasteiger partial charge < -0.3 is 14.8 Å². The average Bonchev–Trinajstić information content (AvgIpc) is 2.62. The van der Waals surface area contributed by atoms with Crippen molar-refractivity contribution in [2.45, 2.75) is 13.0 Å². The first-order chi connectivity index (χ1) is 11.9. The van der Waals surface area contributed by atoms with Gasteiger partial charge >= 0.3 is 0 Å². The lowest BCUT2D eigenvalue weighted by Gasteiger charge is -2.17. The molecular formula is C19H19ClFNO3. The molecule has 6 heteroatoms. The number of halogens is 2. The molecule has 0 spiro atoms. The van der Waals surface area contributed by atoms with Crippen LogP contribution in [0.5, 0.6) is 11.5 Å². The van der Waals surface area contributed by atoms with E-state index in [1.807, 2.05) is 13.0 Å². The standard InChI is InChI=1S/C19H19ClFNO3/c1-12(15-11-14(24-2)6-8-18(15)25-3)22-19(23)9-5-13-4-7-17(21)16(20)10-13/h4-12H,1-3H3,(H,22,23)/b9-5+/t12-/m1/s1. The van der Waals surface area contributed by atoms with E-state index in [4.69, 9.17) is 21.1 Å². The van der Waals surface area contributed by atoms with Gasteiger partial charge in [0.05, 0.1) is 25.3 Å². The number of methoxy groups -OCH3 is 2. The van der Waals surface area contributed by atoms with E-state index < -0.39 is 5.82 Å². The number of rotatable bonds is 6. The monoisotopic (exact) mass is 363 g/mol. The van der Waals surface area contributed by atoms with Crippen LogP contribution in [-0.4, -0.2) is 20.1 Å². The van der Waals surface area contributed by atoms with E-state index in [9.17, 15) is 9.18 Å². The Balaban J connectivity index is 2.09. The Bertz CT molecular complexity index is 792. The molecule has 1 atom stereocenters. The molecule has 2 aromatic rings. The minimum Gasteiger partial charge on any atom is -0.497 e. The lowest BCUT2D eigenvalue weighted by molar-refractivity contribution is -0.117. The van der Waals surface area contributed by atoms with E-state index in [0.717, 1.165) is 5.56 Å². The van der Waals surface area contributed by atoms with Crippen molar-refractivity contribution in [2.24, 2.45) is 0 Å². The zero-order valence-corrected chi connectivity index (χ0v) is 14.9. The molecular weight excluding hydrogens is 345 g/mol. The Labute approximate surface area is 151 Å². The first-order valence-corrected chi connectivity index (χ1v) is 7.98. The Morgan fingerprint density at radius 2 is 1.96 bits per heavy atom. The summed E-state index contributed by atoms with van der Waals surface area (Å²) in [6.45, 7) is 1.85. The molecule has 4 nitrogen and oxygen atoms in total. The maximum absolute atomic E-state index is 13.1. The van der Waals surface area contributed by atoms with Crippen LogP contribution in [0.15, 0.2) is 42.5 Å². The van der Waals surface area contributed by atoms with Crippen molar-refractivity contribution in [1.82, 2.24) is 5.32 Å². The molecule has 2 aromatic carbocycles. The smallest absolute Gasteiger partial charge is 0.244 e. The molecule has 0 saturated heterocycles. The van der Waals surface area contributed by atoms with Crippen molar-refractivity contribution in [1.29, 1.82) is 0 Å². The predicted octanol–water partition coefficient (Wildman–Crippen LogP) is 4.39. The molecule has 0 aliphatic rings. The van der Waals surface area contributed by atoms with Crippen LogP contribution in [-0.2, 0) is 4.79 Å². The molecule has 0 aromatic heterocycles. The highest BCUT2D eigenvalue weighted by Gasteiger charge is 2.14. The molecule has 0 unspecified atom stereocenters. The van der Waals surface area contributed by atoms with Gasteiger partial charge in [-0.05, 0) is 48.9 Å². The molecule has 25 heavy (non-hydrogen) atoms. The SMILES string of the molecule is COc1ccc(OC)c([C@@H](C)NC(=O)/C=C/c2ccc(F)c(Cl)c2)c1. The Morgan fingerprint density at radius 1 is 1.20 bits per heavy atom. The summed E-state index contributed by atoms with van der Waals surface area (Å²) >= 11 is 5.72. The lowest BCUT2D eigenvalue weighted by atomic mass is 10.1. The van der Waals surface area contributed by atoms with Crippen LogP contribution in [0.2, 0.25) is 5.02 Å². The van der Waals surface area contributed by atoms with Gasteiger partial charge in [0.25, 0.3) is 0 Å². The summed E-state index contributed by atoms with van der Waals surface area (Å²) in [4.78, 5) is 12.1. The van der Waals surface area contributed by atoms with Gasteiger partial charge in [-0.3, -0.25) is 4.79 Å². The zero-order chi connectivity index (χ0) is 18.4. The quantitative estimate of drug-likeness (QED) is 0.774. The number of ether oxygens (including phenoxy) is 2. The van der Waals surface area contributed by atoms with Gasteiger partial charge in [-0.2, -0.15) is 0 Å². The number of hydrogen-bond acceptors (Lipinski definition) is 3. The van der Waals surface area contributed by atoms with Gasteiger partial charge in [-0.15, -0.1) is 0 Å². The van der Waals surface area contributed by atoms with E-state index in [2.05, 4.69) is 5.32 Å². The molecule has 1 N–H and O–H groups in total. The molecule has 0 aliphatic heterocycles. The normalized spacial score (nSPS) is 12.0. The molecule has 132 valence electrons. The molecule has 0 saturated carbocycles.